The molecule has 0 bridgehead atoms. The van der Waals surface area contributed by atoms with E-state index in [1.165, 1.54) is 7.05 Å². The van der Waals surface area contributed by atoms with E-state index >= 15 is 0 Å². The molecule has 8 heteroatoms. The van der Waals surface area contributed by atoms with Crippen molar-refractivity contribution in [1.29, 1.82) is 0 Å². The lowest BCUT2D eigenvalue weighted by atomic mass is 9.95. The maximum absolute atomic E-state index is 12.2. The van der Waals surface area contributed by atoms with Crippen molar-refractivity contribution < 1.29 is 23.9 Å². The Morgan fingerprint density at radius 3 is 2.68 bits per heavy atom. The number of carbonyl (C=O) groups excluding carboxylic acids is 3. The first-order valence-electron chi connectivity index (χ1n) is 8.11. The Balaban J connectivity index is 2.23. The Labute approximate surface area is 150 Å². The zero-order valence-corrected chi connectivity index (χ0v) is 15.1. The molecule has 25 heavy (non-hydrogen) atoms. The van der Waals surface area contributed by atoms with E-state index in [0.717, 1.165) is 24.2 Å². The van der Waals surface area contributed by atoms with Crippen LogP contribution < -0.4 is 11.1 Å². The highest BCUT2D eigenvalue weighted by Crippen LogP contribution is 2.33. The maximum atomic E-state index is 12.2. The van der Waals surface area contributed by atoms with Crippen LogP contribution >= 0.6 is 11.3 Å². The van der Waals surface area contributed by atoms with Crippen LogP contribution in [0.2, 0.25) is 0 Å². The minimum Gasteiger partial charge on any atom is -0.462 e. The van der Waals surface area contributed by atoms with Crippen LogP contribution in [0.15, 0.2) is 12.2 Å². The van der Waals surface area contributed by atoms with Crippen LogP contribution in [0.4, 0.5) is 5.00 Å². The lowest BCUT2D eigenvalue weighted by Crippen LogP contribution is -2.22. The van der Waals surface area contributed by atoms with Crippen LogP contribution in [0.25, 0.3) is 0 Å². The van der Waals surface area contributed by atoms with Gasteiger partial charge in [0.05, 0.1) is 12.5 Å². The molecule has 0 saturated carbocycles. The second-order valence-electron chi connectivity index (χ2n) is 5.54. The average molecular weight is 366 g/mol. The molecule has 0 fully saturated rings. The Morgan fingerprint density at radius 1 is 1.32 bits per heavy atom. The summed E-state index contributed by atoms with van der Waals surface area (Å²) in [4.78, 5) is 36.7. The van der Waals surface area contributed by atoms with Crippen molar-refractivity contribution >= 4 is 34.2 Å². The van der Waals surface area contributed by atoms with Gasteiger partial charge >= 0.3 is 11.9 Å². The van der Waals surface area contributed by atoms with Crippen molar-refractivity contribution in [2.75, 3.05) is 19.4 Å². The van der Waals surface area contributed by atoms with Gasteiger partial charge in [-0.3, -0.25) is 9.59 Å². The number of anilines is 1. The van der Waals surface area contributed by atoms with Crippen molar-refractivity contribution in [3.63, 3.8) is 0 Å². The third kappa shape index (κ3) is 4.39. The first kappa shape index (κ1) is 19.0. The van der Waals surface area contributed by atoms with Crippen molar-refractivity contribution in [2.45, 2.75) is 32.8 Å². The summed E-state index contributed by atoms with van der Waals surface area (Å²) in [7, 11) is 1.48. The number of nitrogens with one attached hydrogen (secondary N) is 1. The number of carbonyl (C=O) groups is 3. The highest BCUT2D eigenvalue weighted by Gasteiger charge is 2.28. The summed E-state index contributed by atoms with van der Waals surface area (Å²) in [5.74, 6) is -1.56. The SMILES string of the molecule is CCOC(=O)c1c(N)sc(C(=O)NC)c1COC(=O)[C@@H]1CC=CCC1. The molecule has 0 aromatic carbocycles. The number of esters is 2. The average Bonchev–Trinajstić information content (AvgIpc) is 2.96. The van der Waals surface area contributed by atoms with E-state index in [0.29, 0.717) is 12.0 Å². The third-order valence-corrected chi connectivity index (χ3v) is 4.97. The second kappa shape index (κ2) is 8.66. The standard InChI is InChI=1S/C17H22N2O5S/c1-3-23-17(22)12-11(13(15(20)19-2)25-14(12)18)9-24-16(21)10-7-5-4-6-8-10/h4-5,10H,3,6-9,18H2,1-2H3,(H,19,20)/t10-/m1/s1. The largest absolute Gasteiger partial charge is 0.462 e. The first-order chi connectivity index (χ1) is 12.0. The van der Waals surface area contributed by atoms with Gasteiger partial charge in [0.25, 0.3) is 5.91 Å². The van der Waals surface area contributed by atoms with Crippen LogP contribution in [-0.2, 0) is 20.9 Å². The van der Waals surface area contributed by atoms with Gasteiger partial charge in [0.15, 0.2) is 0 Å². The molecule has 1 aliphatic carbocycles. The monoisotopic (exact) mass is 366 g/mol. The molecule has 0 aliphatic heterocycles. The molecule has 2 rings (SSSR count). The fourth-order valence-electron chi connectivity index (χ4n) is 2.62. The van der Waals surface area contributed by atoms with Crippen molar-refractivity contribution in [2.24, 2.45) is 5.92 Å². The quantitative estimate of drug-likeness (QED) is 0.591. The van der Waals surface area contributed by atoms with Gasteiger partial charge < -0.3 is 20.5 Å². The molecule has 1 aliphatic rings. The van der Waals surface area contributed by atoms with E-state index in [9.17, 15) is 14.4 Å². The number of hydrogen-bond acceptors (Lipinski definition) is 7. The molecule has 7 nitrogen and oxygen atoms in total. The minimum absolute atomic E-state index is 0.0989. The minimum atomic E-state index is -0.627. The van der Waals surface area contributed by atoms with E-state index in [1.807, 2.05) is 12.2 Å². The number of thiophene rings is 1. The summed E-state index contributed by atoms with van der Waals surface area (Å²) in [6.45, 7) is 1.66. The molecule has 1 aromatic rings. The van der Waals surface area contributed by atoms with Crippen molar-refractivity contribution in [3.05, 3.63) is 28.2 Å². The molecule has 0 spiro atoms. The second-order valence-corrected chi connectivity index (χ2v) is 6.59. The van der Waals surface area contributed by atoms with Crippen molar-refractivity contribution in [3.8, 4) is 0 Å². The zero-order valence-electron chi connectivity index (χ0n) is 14.3. The summed E-state index contributed by atoms with van der Waals surface area (Å²) in [5.41, 5.74) is 6.29. The molecule has 136 valence electrons. The van der Waals surface area contributed by atoms with Gasteiger partial charge in [-0.1, -0.05) is 12.2 Å². The van der Waals surface area contributed by atoms with Crippen LogP contribution in [0, 0.1) is 5.92 Å². The van der Waals surface area contributed by atoms with E-state index in [1.54, 1.807) is 6.92 Å². The predicted octanol–water partition coefficient (Wildman–Crippen LogP) is 2.27. The summed E-state index contributed by atoms with van der Waals surface area (Å²) in [6.07, 6.45) is 6.19. The van der Waals surface area contributed by atoms with Gasteiger partial charge in [-0.05, 0) is 26.2 Å². The topological polar surface area (TPSA) is 108 Å². The molecule has 1 heterocycles. The van der Waals surface area contributed by atoms with E-state index < -0.39 is 5.97 Å². The molecule has 3 N–H and O–H groups in total. The summed E-state index contributed by atoms with van der Waals surface area (Å²) < 4.78 is 10.4. The van der Waals surface area contributed by atoms with Gasteiger partial charge in [0.1, 0.15) is 22.0 Å². The maximum Gasteiger partial charge on any atom is 0.341 e. The lowest BCUT2D eigenvalue weighted by Gasteiger charge is -2.16. The Morgan fingerprint density at radius 2 is 2.08 bits per heavy atom. The van der Waals surface area contributed by atoms with E-state index in [4.69, 9.17) is 15.2 Å². The summed E-state index contributed by atoms with van der Waals surface area (Å²) in [6, 6.07) is 0. The number of hydrogen-bond donors (Lipinski definition) is 2. The Hall–Kier alpha value is -2.35. The molecule has 0 radical (unpaired) electrons. The zero-order chi connectivity index (χ0) is 18.4. The van der Waals surface area contributed by atoms with Gasteiger partial charge in [0.2, 0.25) is 0 Å². The van der Waals surface area contributed by atoms with Gasteiger partial charge in [-0.2, -0.15) is 0 Å². The summed E-state index contributed by atoms with van der Waals surface area (Å²) >= 11 is 0.978. The molecule has 1 atom stereocenters. The molecule has 0 saturated heterocycles. The number of amides is 1. The fourth-order valence-corrected chi connectivity index (χ4v) is 3.62. The highest BCUT2D eigenvalue weighted by atomic mass is 32.1. The van der Waals surface area contributed by atoms with E-state index in [-0.39, 0.29) is 46.4 Å². The fraction of sp³-hybridized carbons (Fsp3) is 0.471. The molecule has 0 unspecified atom stereocenters. The number of nitrogens with two attached hydrogens (primary N) is 1. The van der Waals surface area contributed by atoms with Gasteiger partial charge in [-0.25, -0.2) is 4.79 Å². The highest BCUT2D eigenvalue weighted by molar-refractivity contribution is 7.18. The molecular formula is C17H22N2O5S. The Kier molecular flexibility index (Phi) is 6.58. The number of rotatable bonds is 6. The van der Waals surface area contributed by atoms with Crippen molar-refractivity contribution in [1.82, 2.24) is 5.32 Å². The smallest absolute Gasteiger partial charge is 0.341 e. The van der Waals surface area contributed by atoms with Gasteiger partial charge in [0, 0.05) is 12.6 Å². The van der Waals surface area contributed by atoms with Crippen LogP contribution in [0.1, 0.15) is 51.8 Å². The number of ether oxygens (including phenoxy) is 2. The van der Waals surface area contributed by atoms with E-state index in [2.05, 4.69) is 5.32 Å². The van der Waals surface area contributed by atoms with Gasteiger partial charge in [-0.15, -0.1) is 11.3 Å². The molecule has 1 amide bonds. The molecular weight excluding hydrogens is 344 g/mol. The third-order valence-electron chi connectivity index (χ3n) is 3.91. The number of allylic oxidation sites excluding steroid dienone is 2. The van der Waals surface area contributed by atoms with Crippen LogP contribution in [0.3, 0.4) is 0 Å². The summed E-state index contributed by atoms with van der Waals surface area (Å²) in [5, 5.41) is 2.67. The predicted molar refractivity (Wildman–Crippen MR) is 94.4 cm³/mol. The number of nitrogen functional groups attached to an aromatic ring is 1. The first-order valence-corrected chi connectivity index (χ1v) is 8.93. The normalized spacial score (nSPS) is 16.3. The van der Waals surface area contributed by atoms with Crippen LogP contribution in [-0.4, -0.2) is 31.5 Å². The Bertz CT molecular complexity index is 695. The molecule has 1 aromatic heterocycles. The van der Waals surface area contributed by atoms with Crippen LogP contribution in [0.5, 0.6) is 0 Å². The lowest BCUT2D eigenvalue weighted by molar-refractivity contribution is -0.150.